The topological polar surface area (TPSA) is 74.6 Å². The van der Waals surface area contributed by atoms with Gasteiger partial charge in [-0.3, -0.25) is 9.88 Å². The smallest absolute Gasteiger partial charge is 0.319 e. The summed E-state index contributed by atoms with van der Waals surface area (Å²) in [5.41, 5.74) is 0.503. The van der Waals surface area contributed by atoms with Gasteiger partial charge in [0, 0.05) is 37.8 Å². The minimum Gasteiger partial charge on any atom is -0.508 e. The minimum atomic E-state index is -0.892. The van der Waals surface area contributed by atoms with Crippen molar-refractivity contribution in [3.05, 3.63) is 47.7 Å². The summed E-state index contributed by atoms with van der Waals surface area (Å²) in [6.45, 7) is 3.08. The lowest BCUT2D eigenvalue weighted by Gasteiger charge is -2.34. The first kappa shape index (κ1) is 29.7. The van der Waals surface area contributed by atoms with E-state index >= 15 is 8.78 Å². The van der Waals surface area contributed by atoms with Crippen LogP contribution in [0.3, 0.4) is 0 Å². The van der Waals surface area contributed by atoms with Crippen LogP contribution in [-0.4, -0.2) is 69.5 Å². The Labute approximate surface area is 266 Å². The molecule has 0 amide bonds. The van der Waals surface area contributed by atoms with Gasteiger partial charge >= 0.3 is 6.01 Å². The summed E-state index contributed by atoms with van der Waals surface area (Å²) in [6.07, 6.45) is 10.7. The van der Waals surface area contributed by atoms with Crippen LogP contribution in [0.25, 0.3) is 32.9 Å². The molecule has 3 fully saturated rings. The lowest BCUT2D eigenvalue weighted by Crippen LogP contribution is -2.43. The molecular formula is C36H40F3N5O2. The molecule has 4 aromatic rings. The van der Waals surface area contributed by atoms with Crippen LogP contribution in [0.15, 0.2) is 30.5 Å². The third-order valence-electron chi connectivity index (χ3n) is 10.9. The molecule has 3 saturated heterocycles. The van der Waals surface area contributed by atoms with Crippen molar-refractivity contribution in [2.24, 2.45) is 5.92 Å². The van der Waals surface area contributed by atoms with Crippen molar-refractivity contribution >= 4 is 27.5 Å². The van der Waals surface area contributed by atoms with Crippen molar-refractivity contribution in [1.82, 2.24) is 19.9 Å². The number of phenols is 1. The monoisotopic (exact) mass is 631 g/mol. The van der Waals surface area contributed by atoms with Crippen LogP contribution in [-0.2, 0) is 6.42 Å². The molecule has 3 atom stereocenters. The van der Waals surface area contributed by atoms with Gasteiger partial charge in [-0.15, -0.1) is 0 Å². The van der Waals surface area contributed by atoms with Gasteiger partial charge in [0.15, 0.2) is 5.82 Å². The first-order chi connectivity index (χ1) is 22.4. The first-order valence-electron chi connectivity index (χ1n) is 17.0. The number of phenolic OH excluding ortho intramolecular Hbond substituents is 1. The lowest BCUT2D eigenvalue weighted by atomic mass is 9.91. The number of pyridine rings is 1. The Morgan fingerprint density at radius 2 is 1.85 bits per heavy atom. The number of piperidine rings is 1. The molecule has 3 unspecified atom stereocenters. The van der Waals surface area contributed by atoms with Crippen LogP contribution in [0.1, 0.15) is 69.8 Å². The molecule has 1 N–H and O–H groups in total. The van der Waals surface area contributed by atoms with E-state index in [1.165, 1.54) is 12.1 Å². The van der Waals surface area contributed by atoms with Crippen LogP contribution in [0, 0.1) is 17.6 Å². The lowest BCUT2D eigenvalue weighted by molar-refractivity contribution is 0.107. The van der Waals surface area contributed by atoms with Crippen molar-refractivity contribution in [3.8, 4) is 23.0 Å². The summed E-state index contributed by atoms with van der Waals surface area (Å²) in [4.78, 5) is 18.5. The van der Waals surface area contributed by atoms with Crippen molar-refractivity contribution < 1.29 is 23.0 Å². The summed E-state index contributed by atoms with van der Waals surface area (Å²) < 4.78 is 53.2. The van der Waals surface area contributed by atoms with E-state index in [0.29, 0.717) is 58.4 Å². The van der Waals surface area contributed by atoms with E-state index in [4.69, 9.17) is 9.72 Å². The number of aryl methyl sites for hydroxylation is 1. The highest BCUT2D eigenvalue weighted by atomic mass is 19.1. The summed E-state index contributed by atoms with van der Waals surface area (Å²) in [5.74, 6) is 0.0110. The fraction of sp³-hybridized carbons (Fsp3) is 0.528. The molecule has 46 heavy (non-hydrogen) atoms. The summed E-state index contributed by atoms with van der Waals surface area (Å²) in [7, 11) is 0. The third-order valence-corrected chi connectivity index (χ3v) is 10.9. The van der Waals surface area contributed by atoms with Gasteiger partial charge in [0.25, 0.3) is 0 Å². The fourth-order valence-electron chi connectivity index (χ4n) is 8.68. The number of fused-ring (bicyclic) bond motifs is 7. The zero-order valence-corrected chi connectivity index (χ0v) is 26.1. The predicted molar refractivity (Wildman–Crippen MR) is 172 cm³/mol. The van der Waals surface area contributed by atoms with E-state index in [9.17, 15) is 9.50 Å². The number of hydrogen-bond donors (Lipinski definition) is 1. The van der Waals surface area contributed by atoms with E-state index in [2.05, 4.69) is 19.8 Å². The van der Waals surface area contributed by atoms with E-state index in [0.717, 1.165) is 77.4 Å². The Hall–Kier alpha value is -3.66. The van der Waals surface area contributed by atoms with Crippen LogP contribution in [0.5, 0.6) is 11.8 Å². The summed E-state index contributed by atoms with van der Waals surface area (Å²) >= 11 is 0. The average Bonchev–Trinajstić information content (AvgIpc) is 3.57. The van der Waals surface area contributed by atoms with Crippen LogP contribution < -0.4 is 9.64 Å². The van der Waals surface area contributed by atoms with E-state index in [1.807, 2.05) is 0 Å². The maximum Gasteiger partial charge on any atom is 0.319 e. The number of anilines is 1. The summed E-state index contributed by atoms with van der Waals surface area (Å²) in [6, 6.07) is 6.16. The molecule has 0 aliphatic carbocycles. The molecule has 6 bridgehead atoms. The molecule has 5 aliphatic rings. The van der Waals surface area contributed by atoms with E-state index in [-0.39, 0.29) is 35.4 Å². The van der Waals surface area contributed by atoms with Gasteiger partial charge in [-0.2, -0.15) is 9.97 Å². The molecule has 10 heteroatoms. The highest BCUT2D eigenvalue weighted by molar-refractivity contribution is 6.01. The molecule has 9 rings (SSSR count). The van der Waals surface area contributed by atoms with Gasteiger partial charge in [0.2, 0.25) is 0 Å². The van der Waals surface area contributed by atoms with Gasteiger partial charge in [0.1, 0.15) is 41.4 Å². The number of benzene rings is 2. The molecule has 5 aliphatic heterocycles. The number of aromatic hydroxyl groups is 1. The van der Waals surface area contributed by atoms with E-state index < -0.39 is 17.5 Å². The maximum absolute atomic E-state index is 16.9. The Balaban J connectivity index is 1.30. The maximum atomic E-state index is 16.9. The Kier molecular flexibility index (Phi) is 7.66. The average molecular weight is 632 g/mol. The molecule has 2 aromatic carbocycles. The second-order valence-electron chi connectivity index (χ2n) is 13.9. The molecule has 0 radical (unpaired) electrons. The molecule has 0 spiro atoms. The standard InChI is InChI=1S/C36H40F3N5O2/c37-24-17-36(12-6-14-44(36)20-24)21-46-35-41-33-28-18-40-32(31(33)39)27-16-25(45)15-23-10-11-29(38)26(30(23)27)9-4-2-1-3-7-22-8-5-13-43(19-22)34(28)42-35/h10-11,15-16,18,22,24,45H,1-9,12-14,17,19-21H2. The highest BCUT2D eigenvalue weighted by Crippen LogP contribution is 2.42. The second kappa shape index (κ2) is 11.9. The SMILES string of the molecule is Oc1cc2c3c(c(F)ccc3c1)CCCCCCC1CCCN(C1)c1nc(OCC34CCCN3CC(F)C4)nc3c(F)c-2ncc13. The van der Waals surface area contributed by atoms with Crippen molar-refractivity contribution in [2.45, 2.75) is 82.3 Å². The quantitative estimate of drug-likeness (QED) is 0.251. The zero-order valence-electron chi connectivity index (χ0n) is 26.1. The van der Waals surface area contributed by atoms with Crippen molar-refractivity contribution in [1.29, 1.82) is 0 Å². The number of ether oxygens (including phenoxy) is 1. The Morgan fingerprint density at radius 1 is 0.978 bits per heavy atom. The van der Waals surface area contributed by atoms with E-state index in [1.54, 1.807) is 18.3 Å². The predicted octanol–water partition coefficient (Wildman–Crippen LogP) is 7.51. The second-order valence-corrected chi connectivity index (χ2v) is 13.9. The largest absolute Gasteiger partial charge is 0.508 e. The number of hydrogen-bond acceptors (Lipinski definition) is 7. The van der Waals surface area contributed by atoms with Gasteiger partial charge in [-0.1, -0.05) is 25.3 Å². The van der Waals surface area contributed by atoms with Gasteiger partial charge < -0.3 is 14.7 Å². The Bertz CT molecular complexity index is 1800. The molecule has 7 nitrogen and oxygen atoms in total. The summed E-state index contributed by atoms with van der Waals surface area (Å²) in [5, 5.41) is 12.4. The minimum absolute atomic E-state index is 0.00619. The molecule has 2 aromatic heterocycles. The normalized spacial score (nSPS) is 25.4. The van der Waals surface area contributed by atoms with Crippen LogP contribution in [0.2, 0.25) is 0 Å². The molecule has 0 saturated carbocycles. The highest BCUT2D eigenvalue weighted by Gasteiger charge is 2.49. The van der Waals surface area contributed by atoms with Gasteiger partial charge in [-0.05, 0) is 91.9 Å². The Morgan fingerprint density at radius 3 is 2.76 bits per heavy atom. The third kappa shape index (κ3) is 5.22. The molecular weight excluding hydrogens is 591 g/mol. The van der Waals surface area contributed by atoms with Gasteiger partial charge in [-0.25, -0.2) is 13.2 Å². The van der Waals surface area contributed by atoms with Crippen molar-refractivity contribution in [2.75, 3.05) is 37.7 Å². The zero-order chi connectivity index (χ0) is 31.4. The number of aromatic nitrogens is 3. The number of nitrogens with zero attached hydrogens (tertiary/aromatic N) is 5. The number of alkyl halides is 1. The molecule has 7 heterocycles. The van der Waals surface area contributed by atoms with Crippen molar-refractivity contribution in [3.63, 3.8) is 0 Å². The number of rotatable bonds is 3. The molecule has 242 valence electrons. The fourth-order valence-corrected chi connectivity index (χ4v) is 8.68. The van der Waals surface area contributed by atoms with Crippen LogP contribution >= 0.6 is 0 Å². The van der Waals surface area contributed by atoms with Crippen LogP contribution in [0.4, 0.5) is 19.0 Å². The number of halogens is 3. The first-order valence-corrected chi connectivity index (χ1v) is 17.0. The van der Waals surface area contributed by atoms with Gasteiger partial charge in [0.05, 0.1) is 10.9 Å².